The topological polar surface area (TPSA) is 66.9 Å². The van der Waals surface area contributed by atoms with Gasteiger partial charge in [-0.1, -0.05) is 6.92 Å². The minimum atomic E-state index is -0.251. The molecule has 1 heterocycles. The van der Waals surface area contributed by atoms with Crippen LogP contribution >= 0.6 is 11.8 Å². The van der Waals surface area contributed by atoms with Crippen LogP contribution in [0, 0.1) is 0 Å². The lowest BCUT2D eigenvalue weighted by atomic mass is 10.4. The van der Waals surface area contributed by atoms with Crippen LogP contribution in [0.2, 0.25) is 0 Å². The summed E-state index contributed by atoms with van der Waals surface area (Å²) in [5, 5.41) is 5.81. The molecule has 0 radical (unpaired) electrons. The van der Waals surface area contributed by atoms with Crippen molar-refractivity contribution < 1.29 is 0 Å². The summed E-state index contributed by atoms with van der Waals surface area (Å²) in [6, 6.07) is 2.94. The first-order valence-electron chi connectivity index (χ1n) is 5.74. The summed E-state index contributed by atoms with van der Waals surface area (Å²) in [4.78, 5) is 22.4. The maximum atomic E-state index is 11.4. The number of aromatic amines is 1. The van der Waals surface area contributed by atoms with E-state index in [0.29, 0.717) is 19.1 Å². The van der Waals surface area contributed by atoms with E-state index in [-0.39, 0.29) is 11.1 Å². The minimum Gasteiger partial charge on any atom is -0.312 e. The highest BCUT2D eigenvalue weighted by atomic mass is 32.2. The third kappa shape index (κ3) is 5.23. The molecule has 1 aromatic heterocycles. The fourth-order valence-corrected chi connectivity index (χ4v) is 2.11. The lowest BCUT2D eigenvalue weighted by Gasteiger charge is -2.13. The van der Waals surface area contributed by atoms with E-state index >= 15 is 0 Å². The van der Waals surface area contributed by atoms with Gasteiger partial charge in [0.1, 0.15) is 0 Å². The van der Waals surface area contributed by atoms with E-state index in [2.05, 4.69) is 24.3 Å². The number of nitrogens with one attached hydrogen (secondary N) is 2. The van der Waals surface area contributed by atoms with E-state index in [0.717, 1.165) is 11.5 Å². The Balaban J connectivity index is 2.38. The molecule has 1 atom stereocenters. The summed E-state index contributed by atoms with van der Waals surface area (Å²) < 4.78 is 1.33. The average Bonchev–Trinajstić information content (AvgIpc) is 2.31. The third-order valence-corrected chi connectivity index (χ3v) is 3.43. The van der Waals surface area contributed by atoms with E-state index in [1.54, 1.807) is 0 Å². The highest BCUT2D eigenvalue weighted by Crippen LogP contribution is 2.00. The zero-order chi connectivity index (χ0) is 12.7. The van der Waals surface area contributed by atoms with Gasteiger partial charge in [-0.05, 0) is 12.7 Å². The molecule has 0 aromatic carbocycles. The Morgan fingerprint density at radius 1 is 1.47 bits per heavy atom. The fourth-order valence-electron chi connectivity index (χ4n) is 1.40. The van der Waals surface area contributed by atoms with Crippen LogP contribution in [0.15, 0.2) is 21.7 Å². The molecule has 0 aliphatic carbocycles. The van der Waals surface area contributed by atoms with Gasteiger partial charge >= 0.3 is 0 Å². The number of thioether (sulfide) groups is 1. The van der Waals surface area contributed by atoms with Crippen molar-refractivity contribution in [2.45, 2.75) is 26.4 Å². The second kappa shape index (κ2) is 7.34. The summed E-state index contributed by atoms with van der Waals surface area (Å²) in [6.45, 7) is 5.40. The Kier molecular flexibility index (Phi) is 6.07. The van der Waals surface area contributed by atoms with Gasteiger partial charge in [0.05, 0.1) is 6.54 Å². The molecule has 17 heavy (non-hydrogen) atoms. The highest BCUT2D eigenvalue weighted by molar-refractivity contribution is 7.99. The number of nitrogens with zero attached hydrogens (tertiary/aromatic N) is 1. The maximum Gasteiger partial charge on any atom is 0.265 e. The number of H-pyrrole nitrogens is 1. The van der Waals surface area contributed by atoms with Crippen LogP contribution in [-0.2, 0) is 6.54 Å². The molecule has 0 saturated carbocycles. The third-order valence-electron chi connectivity index (χ3n) is 2.29. The fraction of sp³-hybridized carbons (Fsp3) is 0.636. The van der Waals surface area contributed by atoms with Gasteiger partial charge in [0.15, 0.2) is 0 Å². The Morgan fingerprint density at radius 2 is 2.24 bits per heavy atom. The molecule has 0 aliphatic heterocycles. The number of hydrogen-bond donors (Lipinski definition) is 2. The zero-order valence-corrected chi connectivity index (χ0v) is 11.0. The van der Waals surface area contributed by atoms with Crippen molar-refractivity contribution in [2.24, 2.45) is 0 Å². The van der Waals surface area contributed by atoms with E-state index in [4.69, 9.17) is 0 Å². The van der Waals surface area contributed by atoms with Gasteiger partial charge in [0.2, 0.25) is 0 Å². The van der Waals surface area contributed by atoms with Crippen molar-refractivity contribution in [3.8, 4) is 0 Å². The molecule has 5 nitrogen and oxygen atoms in total. The average molecular weight is 257 g/mol. The molecule has 6 heteroatoms. The SMILES string of the molecule is CCSCC(C)NCCn1[nH]c(=O)ccc1=O. The molecule has 1 aromatic rings. The molecule has 0 bridgehead atoms. The van der Waals surface area contributed by atoms with Crippen LogP contribution in [-0.4, -0.2) is 33.9 Å². The summed E-state index contributed by atoms with van der Waals surface area (Å²) in [7, 11) is 0. The maximum absolute atomic E-state index is 11.4. The predicted molar refractivity (Wildman–Crippen MR) is 71.8 cm³/mol. The molecule has 0 fully saturated rings. The van der Waals surface area contributed by atoms with E-state index in [1.807, 2.05) is 11.8 Å². The monoisotopic (exact) mass is 257 g/mol. The number of hydrogen-bond acceptors (Lipinski definition) is 4. The second-order valence-electron chi connectivity index (χ2n) is 3.81. The van der Waals surface area contributed by atoms with Gasteiger partial charge in [-0.15, -0.1) is 0 Å². The van der Waals surface area contributed by atoms with Crippen LogP contribution in [0.4, 0.5) is 0 Å². The Hall–Kier alpha value is -1.01. The van der Waals surface area contributed by atoms with Gasteiger partial charge in [-0.3, -0.25) is 14.7 Å². The molecular weight excluding hydrogens is 238 g/mol. The van der Waals surface area contributed by atoms with E-state index in [1.165, 1.54) is 16.8 Å². The smallest absolute Gasteiger partial charge is 0.265 e. The van der Waals surface area contributed by atoms with Crippen molar-refractivity contribution in [1.29, 1.82) is 0 Å². The molecule has 0 amide bonds. The molecule has 0 aliphatic rings. The predicted octanol–water partition coefficient (Wildman–Crippen LogP) is 0.268. The Bertz CT molecular complexity index is 441. The minimum absolute atomic E-state index is 0.179. The first-order chi connectivity index (χ1) is 8.13. The standard InChI is InChI=1S/C11H19N3O2S/c1-3-17-8-9(2)12-6-7-14-11(16)5-4-10(15)13-14/h4-5,9,12H,3,6-8H2,1-2H3,(H,13,15). The first-order valence-corrected chi connectivity index (χ1v) is 6.90. The first kappa shape index (κ1) is 14.1. The van der Waals surface area contributed by atoms with Crippen molar-refractivity contribution in [2.75, 3.05) is 18.1 Å². The second-order valence-corrected chi connectivity index (χ2v) is 5.13. The Labute approximate surface area is 105 Å². The molecule has 0 saturated heterocycles. The lowest BCUT2D eigenvalue weighted by molar-refractivity contribution is 0.499. The summed E-state index contributed by atoms with van der Waals surface area (Å²) in [5.74, 6) is 2.16. The largest absolute Gasteiger partial charge is 0.312 e. The molecule has 2 N–H and O–H groups in total. The van der Waals surface area contributed by atoms with Crippen LogP contribution < -0.4 is 16.4 Å². The highest BCUT2D eigenvalue weighted by Gasteiger charge is 2.01. The van der Waals surface area contributed by atoms with Crippen molar-refractivity contribution in [3.63, 3.8) is 0 Å². The van der Waals surface area contributed by atoms with Crippen molar-refractivity contribution >= 4 is 11.8 Å². The quantitative estimate of drug-likeness (QED) is 0.736. The van der Waals surface area contributed by atoms with E-state index in [9.17, 15) is 9.59 Å². The summed E-state index contributed by atoms with van der Waals surface area (Å²) in [5.41, 5.74) is -0.429. The normalized spacial score (nSPS) is 12.6. The van der Waals surface area contributed by atoms with Crippen molar-refractivity contribution in [1.82, 2.24) is 15.1 Å². The van der Waals surface area contributed by atoms with E-state index < -0.39 is 0 Å². The Morgan fingerprint density at radius 3 is 2.94 bits per heavy atom. The summed E-state index contributed by atoms with van der Waals surface area (Å²) >= 11 is 1.88. The van der Waals surface area contributed by atoms with Gasteiger partial charge in [-0.25, -0.2) is 4.68 Å². The molecule has 1 rings (SSSR count). The molecular formula is C11H19N3O2S. The van der Waals surface area contributed by atoms with Crippen molar-refractivity contribution in [3.05, 3.63) is 32.8 Å². The van der Waals surface area contributed by atoms with Crippen LogP contribution in [0.25, 0.3) is 0 Å². The summed E-state index contributed by atoms with van der Waals surface area (Å²) in [6.07, 6.45) is 0. The van der Waals surface area contributed by atoms with Gasteiger partial charge in [-0.2, -0.15) is 11.8 Å². The lowest BCUT2D eigenvalue weighted by Crippen LogP contribution is -2.36. The van der Waals surface area contributed by atoms with Gasteiger partial charge < -0.3 is 5.32 Å². The van der Waals surface area contributed by atoms with Crippen LogP contribution in [0.1, 0.15) is 13.8 Å². The van der Waals surface area contributed by atoms with Crippen LogP contribution in [0.5, 0.6) is 0 Å². The molecule has 0 spiro atoms. The van der Waals surface area contributed by atoms with Crippen LogP contribution in [0.3, 0.4) is 0 Å². The molecule has 1 unspecified atom stereocenters. The van der Waals surface area contributed by atoms with Gasteiger partial charge in [0.25, 0.3) is 11.1 Å². The zero-order valence-electron chi connectivity index (χ0n) is 10.2. The van der Waals surface area contributed by atoms with Gasteiger partial charge in [0, 0.05) is 30.5 Å². The number of aromatic nitrogens is 2. The molecule has 96 valence electrons. The number of rotatable bonds is 7.